The van der Waals surface area contributed by atoms with E-state index < -0.39 is 23.6 Å². The van der Waals surface area contributed by atoms with Gasteiger partial charge in [-0.15, -0.1) is 0 Å². The molecule has 3 heterocycles. The molecule has 1 atom stereocenters. The van der Waals surface area contributed by atoms with E-state index in [0.717, 1.165) is 25.9 Å². The molecule has 0 spiro atoms. The molecule has 0 radical (unpaired) electrons. The third-order valence-electron chi connectivity index (χ3n) is 7.23. The Morgan fingerprint density at radius 3 is 2.50 bits per heavy atom. The van der Waals surface area contributed by atoms with E-state index in [2.05, 4.69) is 20.4 Å². The van der Waals surface area contributed by atoms with Gasteiger partial charge in [0.05, 0.1) is 18.7 Å². The number of rotatable bonds is 6. The first-order chi connectivity index (χ1) is 16.3. The minimum atomic E-state index is -0.683. The molecule has 9 nitrogen and oxygen atoms in total. The number of esters is 1. The van der Waals surface area contributed by atoms with Crippen molar-refractivity contribution < 1.29 is 19.1 Å². The average Bonchev–Trinajstić information content (AvgIpc) is 2.84. The van der Waals surface area contributed by atoms with Crippen LogP contribution in [-0.2, 0) is 14.3 Å². The molecule has 10 heteroatoms. The van der Waals surface area contributed by atoms with Gasteiger partial charge in [-0.2, -0.15) is 0 Å². The maximum atomic E-state index is 12.8. The minimum Gasteiger partial charge on any atom is -0.466 e. The lowest BCUT2D eigenvalue weighted by Crippen LogP contribution is -2.63. The number of hydrogen-bond acceptors (Lipinski definition) is 6. The second-order valence-electron chi connectivity index (χ2n) is 9.19. The molecular weight excluding hydrogens is 458 g/mol. The zero-order valence-corrected chi connectivity index (χ0v) is 20.2. The summed E-state index contributed by atoms with van der Waals surface area (Å²) in [6.07, 6.45) is 4.58. The van der Waals surface area contributed by atoms with E-state index in [-0.39, 0.29) is 5.91 Å². The Morgan fingerprint density at radius 1 is 1.18 bits per heavy atom. The van der Waals surface area contributed by atoms with E-state index in [9.17, 15) is 14.4 Å². The van der Waals surface area contributed by atoms with Gasteiger partial charge in [-0.1, -0.05) is 30.2 Å². The molecule has 1 aromatic rings. The number of ether oxygens (including phenoxy) is 1. The zero-order valence-electron chi connectivity index (χ0n) is 19.4. The number of hydrogen-bond donors (Lipinski definition) is 3. The number of primary amides is 1. The quantitative estimate of drug-likeness (QED) is 0.526. The molecule has 0 unspecified atom stereocenters. The van der Waals surface area contributed by atoms with Crippen LogP contribution in [0.1, 0.15) is 43.7 Å². The highest BCUT2D eigenvalue weighted by molar-refractivity contribution is 6.30. The maximum Gasteiger partial charge on any atom is 0.338 e. The molecule has 184 valence electrons. The largest absolute Gasteiger partial charge is 0.466 e. The van der Waals surface area contributed by atoms with Crippen molar-refractivity contribution in [3.8, 4) is 0 Å². The summed E-state index contributed by atoms with van der Waals surface area (Å²) in [5.41, 5.74) is 6.80. The molecule has 3 aliphatic rings. The predicted molar refractivity (Wildman–Crippen MR) is 128 cm³/mol. The molecule has 2 saturated heterocycles. The molecule has 0 bridgehead atoms. The Labute approximate surface area is 204 Å². The number of urea groups is 1. The summed E-state index contributed by atoms with van der Waals surface area (Å²) in [7, 11) is 1.32. The summed E-state index contributed by atoms with van der Waals surface area (Å²) in [6, 6.07) is 5.96. The van der Waals surface area contributed by atoms with Crippen molar-refractivity contribution in [2.45, 2.75) is 43.7 Å². The summed E-state index contributed by atoms with van der Waals surface area (Å²) >= 11 is 6.16. The number of amides is 3. The number of benzene rings is 1. The van der Waals surface area contributed by atoms with Crippen LogP contribution in [0.25, 0.3) is 0 Å². The van der Waals surface area contributed by atoms with E-state index >= 15 is 0 Å². The summed E-state index contributed by atoms with van der Waals surface area (Å²) in [6.45, 7) is 3.39. The number of nitrogens with zero attached hydrogens (tertiary/aromatic N) is 2. The van der Waals surface area contributed by atoms with E-state index in [0.29, 0.717) is 54.3 Å². The van der Waals surface area contributed by atoms with Crippen LogP contribution >= 0.6 is 11.6 Å². The highest BCUT2D eigenvalue weighted by Crippen LogP contribution is 2.33. The molecule has 3 aliphatic heterocycles. The van der Waals surface area contributed by atoms with Crippen molar-refractivity contribution in [3.05, 3.63) is 46.1 Å². The normalized spacial score (nSPS) is 23.7. The number of nitrogens with one attached hydrogen (secondary N) is 2. The fourth-order valence-corrected chi connectivity index (χ4v) is 5.57. The Bertz CT molecular complexity index is 983. The van der Waals surface area contributed by atoms with Gasteiger partial charge in [0.15, 0.2) is 0 Å². The van der Waals surface area contributed by atoms with Gasteiger partial charge in [0.1, 0.15) is 5.54 Å². The lowest BCUT2D eigenvalue weighted by molar-refractivity contribution is -0.136. The monoisotopic (exact) mass is 489 g/mol. The Hall–Kier alpha value is -2.62. The van der Waals surface area contributed by atoms with Gasteiger partial charge in [-0.05, 0) is 56.5 Å². The van der Waals surface area contributed by atoms with E-state index in [1.165, 1.54) is 13.5 Å². The summed E-state index contributed by atoms with van der Waals surface area (Å²) < 4.78 is 5.06. The standard InChI is InChI=1S/C24H32ClN5O4/c1-34-21(31)19-18(27-23(33)28-20(19)16-6-5-7-17(25)14-16)15-29-12-8-24(9-13-29,22(26)32)30-10-3-2-4-11-30/h5-7,14,20H,2-4,8-13,15H2,1H3,(H2,26,32)(H2,27,28,33)/t20-/m1/s1. The van der Waals surface area contributed by atoms with Crippen LogP contribution in [0, 0.1) is 0 Å². The summed E-state index contributed by atoms with van der Waals surface area (Å²) in [5.74, 6) is -0.788. The molecule has 0 aliphatic carbocycles. The van der Waals surface area contributed by atoms with Gasteiger partial charge in [0, 0.05) is 30.4 Å². The Balaban J connectivity index is 1.56. The molecular formula is C24H32ClN5O4. The molecule has 4 rings (SSSR count). The SMILES string of the molecule is COC(=O)C1=C(CN2CCC(C(N)=O)(N3CCCCC3)CC2)NC(=O)N[C@@H]1c1cccc(Cl)c1. The average molecular weight is 490 g/mol. The second-order valence-corrected chi connectivity index (χ2v) is 9.63. The number of methoxy groups -OCH3 is 1. The number of carbonyl (C=O) groups excluding carboxylic acids is 3. The number of likely N-dealkylation sites (tertiary alicyclic amines) is 2. The highest BCUT2D eigenvalue weighted by Gasteiger charge is 2.45. The fraction of sp³-hybridized carbons (Fsp3) is 0.542. The molecule has 4 N–H and O–H groups in total. The van der Waals surface area contributed by atoms with Gasteiger partial charge in [-0.25, -0.2) is 9.59 Å². The molecule has 1 aromatic carbocycles. The number of nitrogens with two attached hydrogens (primary N) is 1. The second kappa shape index (κ2) is 10.3. The molecule has 0 saturated carbocycles. The molecule has 34 heavy (non-hydrogen) atoms. The molecule has 3 amide bonds. The molecule has 0 aromatic heterocycles. The van der Waals surface area contributed by atoms with E-state index in [4.69, 9.17) is 22.1 Å². The van der Waals surface area contributed by atoms with Crippen molar-refractivity contribution in [1.29, 1.82) is 0 Å². The van der Waals surface area contributed by atoms with Crippen LogP contribution in [-0.4, -0.2) is 73.1 Å². The van der Waals surface area contributed by atoms with Gasteiger partial charge in [0.2, 0.25) is 5.91 Å². The Kier molecular flexibility index (Phi) is 7.45. The van der Waals surface area contributed by atoms with Crippen LogP contribution < -0.4 is 16.4 Å². The lowest BCUT2D eigenvalue weighted by atomic mass is 9.83. The third kappa shape index (κ3) is 4.92. The van der Waals surface area contributed by atoms with Gasteiger partial charge < -0.3 is 21.1 Å². The fourth-order valence-electron chi connectivity index (χ4n) is 5.37. The summed E-state index contributed by atoms with van der Waals surface area (Å²) in [5, 5.41) is 6.12. The first-order valence-corrected chi connectivity index (χ1v) is 12.1. The summed E-state index contributed by atoms with van der Waals surface area (Å²) in [4.78, 5) is 42.3. The topological polar surface area (TPSA) is 117 Å². The van der Waals surface area contributed by atoms with E-state index in [1.54, 1.807) is 18.2 Å². The molecule has 2 fully saturated rings. The first kappa shape index (κ1) is 24.5. The van der Waals surface area contributed by atoms with E-state index in [1.807, 2.05) is 6.07 Å². The predicted octanol–water partition coefficient (Wildman–Crippen LogP) is 1.93. The Morgan fingerprint density at radius 2 is 1.88 bits per heavy atom. The third-order valence-corrected chi connectivity index (χ3v) is 7.46. The highest BCUT2D eigenvalue weighted by atomic mass is 35.5. The van der Waals surface area contributed by atoms with Crippen LogP contribution in [0.4, 0.5) is 4.79 Å². The van der Waals surface area contributed by atoms with Crippen molar-refractivity contribution in [2.75, 3.05) is 39.8 Å². The number of halogens is 1. The van der Waals surface area contributed by atoms with Crippen molar-refractivity contribution in [3.63, 3.8) is 0 Å². The van der Waals surface area contributed by atoms with Crippen molar-refractivity contribution in [2.24, 2.45) is 5.73 Å². The lowest BCUT2D eigenvalue weighted by Gasteiger charge is -2.48. The van der Waals surface area contributed by atoms with Crippen LogP contribution in [0.2, 0.25) is 5.02 Å². The van der Waals surface area contributed by atoms with Gasteiger partial charge in [-0.3, -0.25) is 14.6 Å². The van der Waals surface area contributed by atoms with Crippen LogP contribution in [0.5, 0.6) is 0 Å². The van der Waals surface area contributed by atoms with Crippen LogP contribution in [0.15, 0.2) is 35.5 Å². The van der Waals surface area contributed by atoms with Crippen molar-refractivity contribution >= 4 is 29.5 Å². The van der Waals surface area contributed by atoms with Gasteiger partial charge >= 0.3 is 12.0 Å². The van der Waals surface area contributed by atoms with Gasteiger partial charge in [0.25, 0.3) is 0 Å². The smallest absolute Gasteiger partial charge is 0.338 e. The minimum absolute atomic E-state index is 0.264. The maximum absolute atomic E-state index is 12.8. The number of carbonyl (C=O) groups is 3. The zero-order chi connectivity index (χ0) is 24.3. The number of piperidine rings is 2. The van der Waals surface area contributed by atoms with Crippen LogP contribution in [0.3, 0.4) is 0 Å². The van der Waals surface area contributed by atoms with Crippen molar-refractivity contribution in [1.82, 2.24) is 20.4 Å². The first-order valence-electron chi connectivity index (χ1n) is 11.8.